The van der Waals surface area contributed by atoms with E-state index in [1.165, 1.54) is 10.5 Å². The molecule has 1 atom stereocenters. The van der Waals surface area contributed by atoms with Crippen LogP contribution in [0.4, 0.5) is 4.79 Å². The zero-order chi connectivity index (χ0) is 12.4. The summed E-state index contributed by atoms with van der Waals surface area (Å²) in [5.41, 5.74) is 1.18. The third kappa shape index (κ3) is 2.43. The number of aliphatic carboxylic acids is 1. The summed E-state index contributed by atoms with van der Waals surface area (Å²) in [7, 11) is 0. The Balaban J connectivity index is 2.04. The summed E-state index contributed by atoms with van der Waals surface area (Å²) in [6.07, 6.45) is 4.35. The van der Waals surface area contributed by atoms with E-state index in [9.17, 15) is 9.59 Å². The van der Waals surface area contributed by atoms with E-state index < -0.39 is 12.0 Å². The molecule has 2 rings (SSSR count). The number of likely N-dealkylation sites (tertiary alicyclic amines) is 1. The summed E-state index contributed by atoms with van der Waals surface area (Å²) in [6.45, 7) is 3.88. The Morgan fingerprint density at radius 2 is 2.18 bits per heavy atom. The molecule has 2 amide bonds. The van der Waals surface area contributed by atoms with Gasteiger partial charge < -0.3 is 14.9 Å². The molecule has 2 aliphatic rings. The van der Waals surface area contributed by atoms with Gasteiger partial charge in [0.05, 0.1) is 0 Å². The maximum atomic E-state index is 12.2. The van der Waals surface area contributed by atoms with E-state index in [-0.39, 0.29) is 6.03 Å². The van der Waals surface area contributed by atoms with Crippen molar-refractivity contribution < 1.29 is 14.7 Å². The monoisotopic (exact) mass is 238 g/mol. The molecule has 17 heavy (non-hydrogen) atoms. The van der Waals surface area contributed by atoms with Crippen molar-refractivity contribution in [2.24, 2.45) is 0 Å². The smallest absolute Gasteiger partial charge is 0.326 e. The lowest BCUT2D eigenvalue weighted by Crippen LogP contribution is -2.49. The number of hydrogen-bond acceptors (Lipinski definition) is 2. The van der Waals surface area contributed by atoms with Crippen molar-refractivity contribution in [1.29, 1.82) is 0 Å². The fourth-order valence-corrected chi connectivity index (χ4v) is 2.51. The average molecular weight is 238 g/mol. The molecule has 2 heterocycles. The summed E-state index contributed by atoms with van der Waals surface area (Å²) in [5.74, 6) is -0.889. The van der Waals surface area contributed by atoms with Crippen LogP contribution in [0.3, 0.4) is 0 Å². The van der Waals surface area contributed by atoms with Gasteiger partial charge in [0.15, 0.2) is 0 Å². The second kappa shape index (κ2) is 4.77. The number of carbonyl (C=O) groups is 2. The lowest BCUT2D eigenvalue weighted by molar-refractivity contribution is -0.141. The second-order valence-corrected chi connectivity index (χ2v) is 4.73. The minimum absolute atomic E-state index is 0.123. The predicted octanol–water partition coefficient (Wildman–Crippen LogP) is 1.31. The quantitative estimate of drug-likeness (QED) is 0.701. The fraction of sp³-hybridized carbons (Fsp3) is 0.667. The Hall–Kier alpha value is -1.52. The van der Waals surface area contributed by atoms with E-state index >= 15 is 0 Å². The van der Waals surface area contributed by atoms with Gasteiger partial charge >= 0.3 is 12.0 Å². The summed E-state index contributed by atoms with van der Waals surface area (Å²) in [5, 5.41) is 9.06. The molecular formula is C12H18N2O3. The standard InChI is InChI=1S/C12H18N2O3/c1-9-4-2-6-13(8-9)12(17)14-7-3-5-10(14)11(15)16/h4,10H,2-3,5-8H2,1H3,(H,15,16)/t10-/m0/s1. The van der Waals surface area contributed by atoms with Gasteiger partial charge in [-0.1, -0.05) is 11.6 Å². The highest BCUT2D eigenvalue weighted by molar-refractivity contribution is 5.83. The number of amides is 2. The number of nitrogens with zero attached hydrogens (tertiary/aromatic N) is 2. The lowest BCUT2D eigenvalue weighted by atomic mass is 10.1. The highest BCUT2D eigenvalue weighted by atomic mass is 16.4. The van der Waals surface area contributed by atoms with Gasteiger partial charge in [0.25, 0.3) is 0 Å². The summed E-state index contributed by atoms with van der Waals surface area (Å²) >= 11 is 0. The number of carboxylic acids is 1. The van der Waals surface area contributed by atoms with Gasteiger partial charge in [0.2, 0.25) is 0 Å². The van der Waals surface area contributed by atoms with E-state index in [1.54, 1.807) is 4.90 Å². The van der Waals surface area contributed by atoms with Crippen molar-refractivity contribution >= 4 is 12.0 Å². The van der Waals surface area contributed by atoms with Gasteiger partial charge in [-0.05, 0) is 26.2 Å². The Morgan fingerprint density at radius 3 is 2.82 bits per heavy atom. The SMILES string of the molecule is CC1=CCCN(C(=O)N2CCC[C@H]2C(=O)O)C1. The highest BCUT2D eigenvalue weighted by Gasteiger charge is 2.36. The van der Waals surface area contributed by atoms with Gasteiger partial charge in [-0.25, -0.2) is 9.59 Å². The maximum absolute atomic E-state index is 12.2. The van der Waals surface area contributed by atoms with E-state index in [2.05, 4.69) is 6.08 Å². The molecule has 1 fully saturated rings. The van der Waals surface area contributed by atoms with Crippen molar-refractivity contribution in [3.63, 3.8) is 0 Å². The molecule has 2 aliphatic heterocycles. The number of carboxylic acid groups (broad SMARTS) is 1. The third-order valence-electron chi connectivity index (χ3n) is 3.39. The molecule has 0 radical (unpaired) electrons. The third-order valence-corrected chi connectivity index (χ3v) is 3.39. The number of hydrogen-bond donors (Lipinski definition) is 1. The largest absolute Gasteiger partial charge is 0.480 e. The topological polar surface area (TPSA) is 60.9 Å². The molecule has 0 saturated carbocycles. The van der Waals surface area contributed by atoms with Crippen LogP contribution in [0.2, 0.25) is 0 Å². The normalized spacial score (nSPS) is 24.8. The van der Waals surface area contributed by atoms with Crippen LogP contribution in [0.25, 0.3) is 0 Å². The molecular weight excluding hydrogens is 220 g/mol. The van der Waals surface area contributed by atoms with Crippen molar-refractivity contribution in [3.8, 4) is 0 Å². The molecule has 0 aliphatic carbocycles. The molecule has 5 nitrogen and oxygen atoms in total. The zero-order valence-electron chi connectivity index (χ0n) is 10.1. The molecule has 0 spiro atoms. The zero-order valence-corrected chi connectivity index (χ0v) is 10.1. The van der Waals surface area contributed by atoms with Crippen molar-refractivity contribution in [3.05, 3.63) is 11.6 Å². The molecule has 0 bridgehead atoms. The van der Waals surface area contributed by atoms with Crippen LogP contribution in [0, 0.1) is 0 Å². The number of carbonyl (C=O) groups excluding carboxylic acids is 1. The molecule has 0 aromatic heterocycles. The Kier molecular flexibility index (Phi) is 3.36. The Labute approximate surface area is 101 Å². The first-order valence-corrected chi connectivity index (χ1v) is 6.03. The molecule has 5 heteroatoms. The van der Waals surface area contributed by atoms with E-state index in [1.807, 2.05) is 6.92 Å². The van der Waals surface area contributed by atoms with Gasteiger partial charge in [-0.2, -0.15) is 0 Å². The molecule has 1 N–H and O–H groups in total. The number of urea groups is 1. The highest BCUT2D eigenvalue weighted by Crippen LogP contribution is 2.21. The van der Waals surface area contributed by atoms with Crippen LogP contribution in [0.1, 0.15) is 26.2 Å². The van der Waals surface area contributed by atoms with Crippen molar-refractivity contribution in [2.45, 2.75) is 32.2 Å². The van der Waals surface area contributed by atoms with Crippen LogP contribution >= 0.6 is 0 Å². The Bertz CT molecular complexity index is 365. The minimum atomic E-state index is -0.889. The van der Waals surface area contributed by atoms with Crippen LogP contribution in [-0.4, -0.2) is 52.6 Å². The molecule has 0 aromatic carbocycles. The number of rotatable bonds is 1. The van der Waals surface area contributed by atoms with Gasteiger partial charge in [0.1, 0.15) is 6.04 Å². The Morgan fingerprint density at radius 1 is 1.41 bits per heavy atom. The predicted molar refractivity (Wildman–Crippen MR) is 62.7 cm³/mol. The summed E-state index contributed by atoms with van der Waals surface area (Å²) in [6, 6.07) is -0.754. The van der Waals surface area contributed by atoms with Crippen LogP contribution in [0.5, 0.6) is 0 Å². The van der Waals surface area contributed by atoms with Crippen LogP contribution < -0.4 is 0 Å². The van der Waals surface area contributed by atoms with Gasteiger partial charge in [0, 0.05) is 19.6 Å². The van der Waals surface area contributed by atoms with E-state index in [4.69, 9.17) is 5.11 Å². The summed E-state index contributed by atoms with van der Waals surface area (Å²) in [4.78, 5) is 26.5. The molecule has 94 valence electrons. The molecule has 1 saturated heterocycles. The van der Waals surface area contributed by atoms with E-state index in [0.29, 0.717) is 26.1 Å². The minimum Gasteiger partial charge on any atom is -0.480 e. The first-order chi connectivity index (χ1) is 8.09. The first kappa shape index (κ1) is 12.0. The lowest BCUT2D eigenvalue weighted by Gasteiger charge is -2.32. The van der Waals surface area contributed by atoms with Crippen molar-refractivity contribution in [2.75, 3.05) is 19.6 Å². The maximum Gasteiger partial charge on any atom is 0.326 e. The first-order valence-electron chi connectivity index (χ1n) is 6.03. The average Bonchev–Trinajstić information content (AvgIpc) is 2.77. The van der Waals surface area contributed by atoms with Crippen LogP contribution in [0.15, 0.2) is 11.6 Å². The molecule has 0 aromatic rings. The fourth-order valence-electron chi connectivity index (χ4n) is 2.51. The van der Waals surface area contributed by atoms with Gasteiger partial charge in [-0.3, -0.25) is 0 Å². The van der Waals surface area contributed by atoms with Gasteiger partial charge in [-0.15, -0.1) is 0 Å². The summed E-state index contributed by atoms with van der Waals surface area (Å²) < 4.78 is 0. The van der Waals surface area contributed by atoms with Crippen LogP contribution in [-0.2, 0) is 4.79 Å². The second-order valence-electron chi connectivity index (χ2n) is 4.73. The van der Waals surface area contributed by atoms with E-state index in [0.717, 1.165) is 12.8 Å². The van der Waals surface area contributed by atoms with Crippen molar-refractivity contribution in [1.82, 2.24) is 9.80 Å². The molecule has 0 unspecified atom stereocenters.